The van der Waals surface area contributed by atoms with Gasteiger partial charge in [-0.1, -0.05) is 19.9 Å². The van der Waals surface area contributed by atoms with E-state index in [0.29, 0.717) is 35.7 Å². The summed E-state index contributed by atoms with van der Waals surface area (Å²) < 4.78 is 10.7. The van der Waals surface area contributed by atoms with Crippen LogP contribution in [-0.2, 0) is 9.59 Å². The third kappa shape index (κ3) is 3.86. The number of fused-ring (bicyclic) bond motifs is 1. The van der Waals surface area contributed by atoms with Crippen LogP contribution in [0.4, 0.5) is 0 Å². The van der Waals surface area contributed by atoms with Crippen molar-refractivity contribution in [2.45, 2.75) is 19.9 Å². The van der Waals surface area contributed by atoms with Crippen LogP contribution in [0, 0.1) is 0 Å². The number of ether oxygens (including phenoxy) is 2. The van der Waals surface area contributed by atoms with Crippen molar-refractivity contribution in [3.63, 3.8) is 0 Å². The number of pyridine rings is 1. The fourth-order valence-corrected chi connectivity index (χ4v) is 3.98. The van der Waals surface area contributed by atoms with Gasteiger partial charge in [-0.15, -0.1) is 0 Å². The number of aliphatic hydroxyl groups excluding tert-OH is 1. The summed E-state index contributed by atoms with van der Waals surface area (Å²) in [6, 6.07) is 7.77. The van der Waals surface area contributed by atoms with Gasteiger partial charge >= 0.3 is 0 Å². The van der Waals surface area contributed by atoms with E-state index in [-0.39, 0.29) is 18.1 Å². The summed E-state index contributed by atoms with van der Waals surface area (Å²) in [6.07, 6.45) is 3.25. The summed E-state index contributed by atoms with van der Waals surface area (Å²) in [6.45, 7) is 6.88. The van der Waals surface area contributed by atoms with Gasteiger partial charge in [0.1, 0.15) is 5.76 Å². The third-order valence-corrected chi connectivity index (χ3v) is 5.74. The molecule has 0 unspecified atom stereocenters. The summed E-state index contributed by atoms with van der Waals surface area (Å²) in [5.74, 6) is -0.513. The maximum atomic E-state index is 13.0. The van der Waals surface area contributed by atoms with E-state index in [1.165, 1.54) is 4.90 Å². The van der Waals surface area contributed by atoms with Gasteiger partial charge in [0.15, 0.2) is 11.5 Å². The molecule has 1 N–H and O–H groups in total. The van der Waals surface area contributed by atoms with Crippen molar-refractivity contribution in [1.29, 1.82) is 0 Å². The van der Waals surface area contributed by atoms with Crippen LogP contribution < -0.4 is 9.47 Å². The second-order valence-corrected chi connectivity index (χ2v) is 7.37. The minimum atomic E-state index is -0.713. The number of hydrogen-bond acceptors (Lipinski definition) is 7. The summed E-state index contributed by atoms with van der Waals surface area (Å²) in [7, 11) is 0. The molecule has 0 bridgehead atoms. The van der Waals surface area contributed by atoms with E-state index < -0.39 is 17.7 Å². The largest absolute Gasteiger partial charge is 0.507 e. The Bertz CT molecular complexity index is 1020. The van der Waals surface area contributed by atoms with Gasteiger partial charge in [-0.05, 0) is 42.9 Å². The van der Waals surface area contributed by atoms with Crippen molar-refractivity contribution in [1.82, 2.24) is 14.8 Å². The average molecular weight is 423 g/mol. The summed E-state index contributed by atoms with van der Waals surface area (Å²) in [5, 5.41) is 11.1. The van der Waals surface area contributed by atoms with Crippen molar-refractivity contribution in [2.24, 2.45) is 0 Å². The number of hydrogen-bond donors (Lipinski definition) is 1. The number of benzene rings is 1. The molecule has 1 saturated heterocycles. The fraction of sp³-hybridized carbons (Fsp3) is 0.348. The lowest BCUT2D eigenvalue weighted by Gasteiger charge is -2.28. The summed E-state index contributed by atoms with van der Waals surface area (Å²) >= 11 is 0. The van der Waals surface area contributed by atoms with Crippen molar-refractivity contribution >= 4 is 17.4 Å². The van der Waals surface area contributed by atoms with Gasteiger partial charge in [0.2, 0.25) is 6.79 Å². The molecule has 0 saturated carbocycles. The van der Waals surface area contributed by atoms with Crippen LogP contribution in [0.1, 0.15) is 31.0 Å². The fourth-order valence-electron chi connectivity index (χ4n) is 3.98. The van der Waals surface area contributed by atoms with Gasteiger partial charge in [0.25, 0.3) is 11.7 Å². The minimum Gasteiger partial charge on any atom is -0.507 e. The van der Waals surface area contributed by atoms with Gasteiger partial charge < -0.3 is 24.4 Å². The molecule has 1 atom stereocenters. The first-order valence-corrected chi connectivity index (χ1v) is 10.4. The number of nitrogens with zero attached hydrogens (tertiary/aromatic N) is 3. The molecule has 31 heavy (non-hydrogen) atoms. The quantitative estimate of drug-likeness (QED) is 0.416. The predicted molar refractivity (Wildman–Crippen MR) is 114 cm³/mol. The topological polar surface area (TPSA) is 92.2 Å². The van der Waals surface area contributed by atoms with E-state index in [0.717, 1.165) is 13.1 Å². The van der Waals surface area contributed by atoms with Crippen LogP contribution in [0.25, 0.3) is 5.76 Å². The highest BCUT2D eigenvalue weighted by molar-refractivity contribution is 6.46. The smallest absolute Gasteiger partial charge is 0.295 e. The maximum absolute atomic E-state index is 13.0. The molecule has 8 heteroatoms. The lowest BCUT2D eigenvalue weighted by atomic mass is 9.96. The first-order chi connectivity index (χ1) is 15.0. The molecule has 1 fully saturated rings. The molecule has 2 aromatic rings. The lowest BCUT2D eigenvalue weighted by molar-refractivity contribution is -0.140. The molecule has 4 rings (SSSR count). The molecule has 162 valence electrons. The molecule has 1 aromatic carbocycles. The molecule has 0 aliphatic carbocycles. The van der Waals surface area contributed by atoms with Crippen LogP contribution in [0.2, 0.25) is 0 Å². The highest BCUT2D eigenvalue weighted by Gasteiger charge is 2.46. The Morgan fingerprint density at radius 3 is 2.68 bits per heavy atom. The lowest BCUT2D eigenvalue weighted by Crippen LogP contribution is -2.38. The van der Waals surface area contributed by atoms with Gasteiger partial charge in [-0.3, -0.25) is 14.6 Å². The Balaban J connectivity index is 1.77. The zero-order chi connectivity index (χ0) is 22.0. The Kier molecular flexibility index (Phi) is 5.90. The molecule has 1 amide bonds. The number of ketones is 1. The van der Waals surface area contributed by atoms with E-state index in [4.69, 9.17) is 9.47 Å². The second kappa shape index (κ2) is 8.77. The van der Waals surface area contributed by atoms with E-state index in [1.807, 2.05) is 0 Å². The number of carbonyl (C=O) groups excluding carboxylic acids is 2. The standard InChI is InChI=1S/C23H25N3O5/c1-3-25(4-2)10-11-26-20(16-6-5-9-24-13-16)19(22(28)23(26)29)21(27)15-7-8-17-18(12-15)31-14-30-17/h5-9,12-13,20,27H,3-4,10-11,14H2,1-2H3/b21-19+/t20-/m1/s1. The minimum absolute atomic E-state index is 0.0522. The van der Waals surface area contributed by atoms with E-state index >= 15 is 0 Å². The molecule has 8 nitrogen and oxygen atoms in total. The molecular formula is C23H25N3O5. The Hall–Kier alpha value is -3.39. The monoisotopic (exact) mass is 423 g/mol. The van der Waals surface area contributed by atoms with Gasteiger partial charge in [-0.2, -0.15) is 0 Å². The van der Waals surface area contributed by atoms with Gasteiger partial charge in [-0.25, -0.2) is 0 Å². The van der Waals surface area contributed by atoms with Gasteiger partial charge in [0.05, 0.1) is 11.6 Å². The van der Waals surface area contributed by atoms with Gasteiger partial charge in [0, 0.05) is 31.0 Å². The van der Waals surface area contributed by atoms with E-state index in [9.17, 15) is 14.7 Å². The number of rotatable bonds is 7. The predicted octanol–water partition coefficient (Wildman–Crippen LogP) is 2.57. The van der Waals surface area contributed by atoms with Crippen molar-refractivity contribution in [2.75, 3.05) is 33.0 Å². The Morgan fingerprint density at radius 2 is 1.97 bits per heavy atom. The number of Topliss-reactive ketones (excluding diaryl/α,β-unsaturated/α-hetero) is 1. The number of aromatic nitrogens is 1. The normalized spacial score (nSPS) is 19.5. The second-order valence-electron chi connectivity index (χ2n) is 7.37. The molecule has 0 radical (unpaired) electrons. The van der Waals surface area contributed by atoms with Crippen molar-refractivity contribution in [3.05, 3.63) is 59.4 Å². The number of likely N-dealkylation sites (tertiary alicyclic amines) is 1. The zero-order valence-electron chi connectivity index (χ0n) is 17.6. The highest BCUT2D eigenvalue weighted by atomic mass is 16.7. The molecule has 2 aliphatic rings. The maximum Gasteiger partial charge on any atom is 0.295 e. The third-order valence-electron chi connectivity index (χ3n) is 5.74. The highest BCUT2D eigenvalue weighted by Crippen LogP contribution is 2.41. The van der Waals surface area contributed by atoms with Crippen molar-refractivity contribution < 1.29 is 24.2 Å². The first-order valence-electron chi connectivity index (χ1n) is 10.4. The van der Waals surface area contributed by atoms with Crippen LogP contribution in [-0.4, -0.2) is 64.6 Å². The molecular weight excluding hydrogens is 398 g/mol. The Morgan fingerprint density at radius 1 is 1.19 bits per heavy atom. The molecule has 0 spiro atoms. The zero-order valence-corrected chi connectivity index (χ0v) is 17.6. The number of aliphatic hydroxyl groups is 1. The van der Waals surface area contributed by atoms with E-state index in [2.05, 4.69) is 23.7 Å². The van der Waals surface area contributed by atoms with E-state index in [1.54, 1.807) is 42.7 Å². The average Bonchev–Trinajstić information content (AvgIpc) is 3.37. The SMILES string of the molecule is CCN(CC)CCN1C(=O)C(=O)/C(=C(/O)c2ccc3c(c2)OCO3)[C@H]1c1cccnc1. The van der Waals surface area contributed by atoms with Crippen molar-refractivity contribution in [3.8, 4) is 11.5 Å². The molecule has 2 aliphatic heterocycles. The number of amides is 1. The molecule has 1 aromatic heterocycles. The van der Waals surface area contributed by atoms with Crippen LogP contribution in [0.3, 0.4) is 0 Å². The summed E-state index contributed by atoms with van der Waals surface area (Å²) in [4.78, 5) is 33.8. The first kappa shape index (κ1) is 20.9. The summed E-state index contributed by atoms with van der Waals surface area (Å²) in [5.41, 5.74) is 1.11. The number of carbonyl (C=O) groups is 2. The van der Waals surface area contributed by atoms with Crippen LogP contribution in [0.15, 0.2) is 48.3 Å². The van der Waals surface area contributed by atoms with Crippen LogP contribution in [0.5, 0.6) is 11.5 Å². The Labute approximate surface area is 180 Å². The van der Waals surface area contributed by atoms with Crippen LogP contribution >= 0.6 is 0 Å². The molecule has 3 heterocycles. The number of likely N-dealkylation sites (N-methyl/N-ethyl adjacent to an activating group) is 1.